The monoisotopic (exact) mass is 159 g/mol. The first-order chi connectivity index (χ1) is 5.86. The molecule has 0 aliphatic rings. The summed E-state index contributed by atoms with van der Waals surface area (Å²) in [7, 11) is 0. The van der Waals surface area contributed by atoms with Crippen LogP contribution in [0.25, 0.3) is 11.3 Å². The molecule has 1 aromatic carbocycles. The standard InChI is InChI=1S/C10H9NO/c1-8-11-7-10(12-8)9-5-3-2-4-6-9/h2-7H,1H3. The van der Waals surface area contributed by atoms with E-state index < -0.39 is 0 Å². The topological polar surface area (TPSA) is 26.0 Å². The number of oxazole rings is 1. The summed E-state index contributed by atoms with van der Waals surface area (Å²) in [6, 6.07) is 9.94. The Morgan fingerprint density at radius 3 is 2.50 bits per heavy atom. The first-order valence-corrected chi connectivity index (χ1v) is 3.84. The smallest absolute Gasteiger partial charge is 0.191 e. The highest BCUT2D eigenvalue weighted by Gasteiger charge is 2.00. The predicted octanol–water partition coefficient (Wildman–Crippen LogP) is 2.65. The van der Waals surface area contributed by atoms with Gasteiger partial charge in [0.2, 0.25) is 0 Å². The van der Waals surface area contributed by atoms with Crippen molar-refractivity contribution in [1.82, 2.24) is 4.98 Å². The number of aromatic nitrogens is 1. The minimum absolute atomic E-state index is 0.703. The summed E-state index contributed by atoms with van der Waals surface area (Å²) in [5.41, 5.74) is 1.07. The molecule has 1 heterocycles. The Labute approximate surface area is 70.9 Å². The lowest BCUT2D eigenvalue weighted by Gasteiger charge is -1.92. The van der Waals surface area contributed by atoms with Crippen LogP contribution < -0.4 is 0 Å². The molecule has 0 saturated heterocycles. The number of aryl methyl sites for hydroxylation is 1. The fourth-order valence-electron chi connectivity index (χ4n) is 1.10. The lowest BCUT2D eigenvalue weighted by molar-refractivity contribution is 0.534. The zero-order valence-electron chi connectivity index (χ0n) is 6.82. The van der Waals surface area contributed by atoms with Gasteiger partial charge in [0.1, 0.15) is 0 Å². The molecule has 0 radical (unpaired) electrons. The summed E-state index contributed by atoms with van der Waals surface area (Å²) in [5.74, 6) is 1.53. The van der Waals surface area contributed by atoms with Gasteiger partial charge in [-0.3, -0.25) is 0 Å². The van der Waals surface area contributed by atoms with Crippen LogP contribution >= 0.6 is 0 Å². The molecule has 0 N–H and O–H groups in total. The van der Waals surface area contributed by atoms with E-state index in [0.29, 0.717) is 5.89 Å². The molecular formula is C10H9NO. The third-order valence-electron chi connectivity index (χ3n) is 1.68. The molecule has 0 unspecified atom stereocenters. The van der Waals surface area contributed by atoms with Crippen LogP contribution in [0.3, 0.4) is 0 Å². The molecule has 0 aliphatic carbocycles. The van der Waals surface area contributed by atoms with Crippen LogP contribution in [0.1, 0.15) is 5.89 Å². The molecule has 0 saturated carbocycles. The van der Waals surface area contributed by atoms with Gasteiger partial charge >= 0.3 is 0 Å². The Hall–Kier alpha value is -1.57. The van der Waals surface area contributed by atoms with Gasteiger partial charge in [-0.05, 0) is 0 Å². The Bertz CT molecular complexity index is 364. The molecule has 0 fully saturated rings. The number of nitrogens with zero attached hydrogens (tertiary/aromatic N) is 1. The van der Waals surface area contributed by atoms with Gasteiger partial charge in [-0.1, -0.05) is 30.3 Å². The summed E-state index contributed by atoms with van der Waals surface area (Å²) in [4.78, 5) is 4.03. The molecule has 2 aromatic rings. The van der Waals surface area contributed by atoms with Crippen molar-refractivity contribution in [3.05, 3.63) is 42.4 Å². The molecule has 0 bridgehead atoms. The average Bonchev–Trinajstić information content (AvgIpc) is 2.54. The van der Waals surface area contributed by atoms with E-state index in [1.807, 2.05) is 37.3 Å². The third kappa shape index (κ3) is 1.23. The summed E-state index contributed by atoms with van der Waals surface area (Å²) >= 11 is 0. The predicted molar refractivity (Wildman–Crippen MR) is 46.7 cm³/mol. The van der Waals surface area contributed by atoms with Gasteiger partial charge in [0.25, 0.3) is 0 Å². The number of hydrogen-bond donors (Lipinski definition) is 0. The van der Waals surface area contributed by atoms with Crippen LogP contribution in [0.5, 0.6) is 0 Å². The van der Waals surface area contributed by atoms with Gasteiger partial charge in [0, 0.05) is 12.5 Å². The number of benzene rings is 1. The fraction of sp³-hybridized carbons (Fsp3) is 0.100. The largest absolute Gasteiger partial charge is 0.441 e. The van der Waals surface area contributed by atoms with E-state index in [1.165, 1.54) is 0 Å². The van der Waals surface area contributed by atoms with Crippen LogP contribution in [0.2, 0.25) is 0 Å². The Kier molecular flexibility index (Phi) is 1.67. The van der Waals surface area contributed by atoms with Crippen molar-refractivity contribution in [1.29, 1.82) is 0 Å². The second-order valence-corrected chi connectivity index (χ2v) is 2.61. The second-order valence-electron chi connectivity index (χ2n) is 2.61. The minimum Gasteiger partial charge on any atom is -0.441 e. The average molecular weight is 159 g/mol. The molecule has 12 heavy (non-hydrogen) atoms. The molecular weight excluding hydrogens is 150 g/mol. The summed E-state index contributed by atoms with van der Waals surface area (Å²) < 4.78 is 5.36. The molecule has 0 atom stereocenters. The minimum atomic E-state index is 0.703. The van der Waals surface area contributed by atoms with Gasteiger partial charge in [-0.15, -0.1) is 0 Å². The summed E-state index contributed by atoms with van der Waals surface area (Å²) in [5, 5.41) is 0. The normalized spacial score (nSPS) is 10.1. The number of hydrogen-bond acceptors (Lipinski definition) is 2. The van der Waals surface area contributed by atoms with Gasteiger partial charge in [0.15, 0.2) is 11.7 Å². The van der Waals surface area contributed by atoms with Crippen LogP contribution in [-0.2, 0) is 0 Å². The van der Waals surface area contributed by atoms with E-state index in [1.54, 1.807) is 6.20 Å². The molecule has 1 aromatic heterocycles. The lowest BCUT2D eigenvalue weighted by atomic mass is 10.2. The van der Waals surface area contributed by atoms with Crippen molar-refractivity contribution in [2.45, 2.75) is 6.92 Å². The first-order valence-electron chi connectivity index (χ1n) is 3.84. The fourth-order valence-corrected chi connectivity index (χ4v) is 1.10. The SMILES string of the molecule is Cc1ncc(-c2ccccc2)o1. The third-order valence-corrected chi connectivity index (χ3v) is 1.68. The van der Waals surface area contributed by atoms with E-state index in [9.17, 15) is 0 Å². The highest BCUT2D eigenvalue weighted by Crippen LogP contribution is 2.18. The maximum atomic E-state index is 5.36. The van der Waals surface area contributed by atoms with Gasteiger partial charge < -0.3 is 4.42 Å². The highest BCUT2D eigenvalue weighted by atomic mass is 16.4. The zero-order valence-corrected chi connectivity index (χ0v) is 6.82. The second kappa shape index (κ2) is 2.81. The van der Waals surface area contributed by atoms with Gasteiger partial charge in [-0.2, -0.15) is 0 Å². The number of rotatable bonds is 1. The van der Waals surface area contributed by atoms with Gasteiger partial charge in [-0.25, -0.2) is 4.98 Å². The van der Waals surface area contributed by atoms with E-state index in [2.05, 4.69) is 4.98 Å². The van der Waals surface area contributed by atoms with Crippen LogP contribution in [-0.4, -0.2) is 4.98 Å². The summed E-state index contributed by atoms with van der Waals surface area (Å²) in [6.45, 7) is 1.84. The maximum Gasteiger partial charge on any atom is 0.191 e. The quantitative estimate of drug-likeness (QED) is 0.639. The Balaban J connectivity index is 2.45. The molecule has 0 amide bonds. The van der Waals surface area contributed by atoms with E-state index in [0.717, 1.165) is 11.3 Å². The lowest BCUT2D eigenvalue weighted by Crippen LogP contribution is -1.69. The molecule has 60 valence electrons. The zero-order chi connectivity index (χ0) is 8.39. The first kappa shape index (κ1) is 7.10. The van der Waals surface area contributed by atoms with Crippen molar-refractivity contribution in [3.63, 3.8) is 0 Å². The maximum absolute atomic E-state index is 5.36. The van der Waals surface area contributed by atoms with Crippen molar-refractivity contribution in [3.8, 4) is 11.3 Å². The van der Waals surface area contributed by atoms with Gasteiger partial charge in [0.05, 0.1) is 6.20 Å². The highest BCUT2D eigenvalue weighted by molar-refractivity contribution is 5.55. The Morgan fingerprint density at radius 2 is 1.92 bits per heavy atom. The van der Waals surface area contributed by atoms with E-state index >= 15 is 0 Å². The molecule has 0 aliphatic heterocycles. The molecule has 2 rings (SSSR count). The van der Waals surface area contributed by atoms with Crippen molar-refractivity contribution in [2.24, 2.45) is 0 Å². The van der Waals surface area contributed by atoms with Crippen molar-refractivity contribution in [2.75, 3.05) is 0 Å². The Morgan fingerprint density at radius 1 is 1.17 bits per heavy atom. The summed E-state index contributed by atoms with van der Waals surface area (Å²) in [6.07, 6.45) is 1.74. The molecule has 0 spiro atoms. The van der Waals surface area contributed by atoms with Crippen LogP contribution in [0.4, 0.5) is 0 Å². The van der Waals surface area contributed by atoms with E-state index in [4.69, 9.17) is 4.42 Å². The van der Waals surface area contributed by atoms with E-state index in [-0.39, 0.29) is 0 Å². The molecule has 2 heteroatoms. The molecule has 2 nitrogen and oxygen atoms in total. The van der Waals surface area contributed by atoms with Crippen LogP contribution in [0, 0.1) is 6.92 Å². The van der Waals surface area contributed by atoms with Crippen molar-refractivity contribution < 1.29 is 4.42 Å². The van der Waals surface area contributed by atoms with Crippen molar-refractivity contribution >= 4 is 0 Å². The van der Waals surface area contributed by atoms with Crippen LogP contribution in [0.15, 0.2) is 40.9 Å².